The van der Waals surface area contributed by atoms with Crippen molar-refractivity contribution in [3.63, 3.8) is 0 Å². The first-order valence-corrected chi connectivity index (χ1v) is 13.8. The lowest BCUT2D eigenvalue weighted by Gasteiger charge is -2.30. The van der Waals surface area contributed by atoms with Crippen molar-refractivity contribution in [3.05, 3.63) is 71.8 Å². The molecule has 2 unspecified atom stereocenters. The molecule has 0 saturated carbocycles. The summed E-state index contributed by atoms with van der Waals surface area (Å²) in [6.45, 7) is 7.30. The van der Waals surface area contributed by atoms with Gasteiger partial charge in [0, 0.05) is 32.5 Å². The van der Waals surface area contributed by atoms with E-state index in [9.17, 15) is 24.0 Å². The van der Waals surface area contributed by atoms with Crippen LogP contribution in [0.25, 0.3) is 0 Å². The van der Waals surface area contributed by atoms with Crippen molar-refractivity contribution in [2.45, 2.75) is 72.1 Å². The fourth-order valence-electron chi connectivity index (χ4n) is 4.25. The molecule has 40 heavy (non-hydrogen) atoms. The van der Waals surface area contributed by atoms with E-state index < -0.39 is 23.8 Å². The summed E-state index contributed by atoms with van der Waals surface area (Å²) in [5.41, 5.74) is 1.71. The Bertz CT molecular complexity index is 1120. The van der Waals surface area contributed by atoms with E-state index >= 15 is 0 Å². The molecular formula is C31H41N3O6. The van der Waals surface area contributed by atoms with Crippen LogP contribution in [0.1, 0.15) is 58.1 Å². The average Bonchev–Trinajstić information content (AvgIpc) is 2.99. The molecule has 0 bridgehead atoms. The molecule has 1 N–H and O–H groups in total. The molecule has 0 saturated heterocycles. The number of hydrogen-bond acceptors (Lipinski definition) is 6. The molecule has 0 spiro atoms. The Morgan fingerprint density at radius 2 is 1.35 bits per heavy atom. The van der Waals surface area contributed by atoms with Crippen LogP contribution in [0.5, 0.6) is 0 Å². The molecular weight excluding hydrogens is 510 g/mol. The molecule has 2 aromatic rings. The number of ether oxygens (including phenoxy) is 1. The molecule has 9 heteroatoms. The summed E-state index contributed by atoms with van der Waals surface area (Å²) >= 11 is 0. The molecule has 3 amide bonds. The van der Waals surface area contributed by atoms with Gasteiger partial charge in [0.25, 0.3) is 5.78 Å². The lowest BCUT2D eigenvalue weighted by molar-refractivity contribution is -0.158. The van der Waals surface area contributed by atoms with Crippen LogP contribution in [0.3, 0.4) is 0 Å². The van der Waals surface area contributed by atoms with Gasteiger partial charge in [-0.05, 0) is 37.8 Å². The monoisotopic (exact) mass is 551 g/mol. The van der Waals surface area contributed by atoms with Crippen molar-refractivity contribution in [1.82, 2.24) is 15.1 Å². The number of hydrogen-bond donors (Lipinski definition) is 1. The first kappa shape index (κ1) is 32.2. The first-order valence-electron chi connectivity index (χ1n) is 13.8. The largest absolute Gasteiger partial charge is 0.455 e. The lowest BCUT2D eigenvalue weighted by atomic mass is 10.1. The highest BCUT2D eigenvalue weighted by atomic mass is 16.5. The fourth-order valence-corrected chi connectivity index (χ4v) is 4.25. The van der Waals surface area contributed by atoms with Gasteiger partial charge < -0.3 is 19.9 Å². The molecule has 0 radical (unpaired) electrons. The maximum absolute atomic E-state index is 13.3. The highest BCUT2D eigenvalue weighted by Gasteiger charge is 2.31. The number of Topliss-reactive ketones (excluding diaryl/α,β-unsaturated/α-hetero) is 1. The van der Waals surface area contributed by atoms with Gasteiger partial charge in [-0.2, -0.15) is 0 Å². The number of amides is 3. The van der Waals surface area contributed by atoms with Crippen LogP contribution in [0.2, 0.25) is 0 Å². The Balaban J connectivity index is 2.07. The summed E-state index contributed by atoms with van der Waals surface area (Å²) in [7, 11) is 0. The van der Waals surface area contributed by atoms with E-state index in [0.29, 0.717) is 25.8 Å². The first-order chi connectivity index (χ1) is 19.2. The van der Waals surface area contributed by atoms with Crippen molar-refractivity contribution in [2.75, 3.05) is 19.6 Å². The standard InChI is InChI=1S/C31H41N3O6/c1-5-20-33(27(35)6-2)24(4)30(38)32-19-21-34(28(36)18-17-25-13-9-7-10-14-25)23(3)29(37)31(39)40-22-26-15-11-8-12-16-26/h7-16,23-24H,5-6,17-22H2,1-4H3,(H,32,38). The molecule has 0 aliphatic heterocycles. The van der Waals surface area contributed by atoms with E-state index in [1.807, 2.05) is 43.3 Å². The summed E-state index contributed by atoms with van der Waals surface area (Å²) in [5, 5.41) is 2.77. The van der Waals surface area contributed by atoms with E-state index in [2.05, 4.69) is 5.32 Å². The zero-order chi connectivity index (χ0) is 29.5. The second-order valence-electron chi connectivity index (χ2n) is 9.58. The average molecular weight is 552 g/mol. The van der Waals surface area contributed by atoms with Gasteiger partial charge in [-0.25, -0.2) is 4.79 Å². The third kappa shape index (κ3) is 9.94. The number of esters is 1. The molecule has 0 aliphatic carbocycles. The molecule has 0 aliphatic rings. The van der Waals surface area contributed by atoms with Gasteiger partial charge in [0.1, 0.15) is 12.6 Å². The van der Waals surface area contributed by atoms with Crippen molar-refractivity contribution < 1.29 is 28.7 Å². The fraction of sp³-hybridized carbons (Fsp3) is 0.452. The van der Waals surface area contributed by atoms with Crippen LogP contribution in [0.15, 0.2) is 60.7 Å². The van der Waals surface area contributed by atoms with Gasteiger partial charge in [0.2, 0.25) is 17.7 Å². The maximum atomic E-state index is 13.3. The zero-order valence-corrected chi connectivity index (χ0v) is 23.9. The molecule has 0 fully saturated rings. The number of benzene rings is 2. The molecule has 0 aromatic heterocycles. The smallest absolute Gasteiger partial charge is 0.377 e. The van der Waals surface area contributed by atoms with Gasteiger partial charge in [-0.1, -0.05) is 74.5 Å². The molecule has 216 valence electrons. The second-order valence-corrected chi connectivity index (χ2v) is 9.58. The maximum Gasteiger partial charge on any atom is 0.377 e. The number of aryl methyl sites for hydroxylation is 1. The Kier molecular flexibility index (Phi) is 13.6. The van der Waals surface area contributed by atoms with E-state index in [1.54, 1.807) is 38.1 Å². The highest BCUT2D eigenvalue weighted by Crippen LogP contribution is 2.11. The summed E-state index contributed by atoms with van der Waals surface area (Å²) in [6.07, 6.45) is 1.60. The molecule has 2 atom stereocenters. The summed E-state index contributed by atoms with van der Waals surface area (Å²) < 4.78 is 5.19. The van der Waals surface area contributed by atoms with Gasteiger partial charge in [-0.3, -0.25) is 19.2 Å². The van der Waals surface area contributed by atoms with E-state index in [1.165, 1.54) is 16.7 Å². The number of ketones is 1. The Morgan fingerprint density at radius 3 is 1.93 bits per heavy atom. The number of carbonyl (C=O) groups is 5. The predicted molar refractivity (Wildman–Crippen MR) is 152 cm³/mol. The third-order valence-corrected chi connectivity index (χ3v) is 6.64. The molecule has 2 aromatic carbocycles. The van der Waals surface area contributed by atoms with E-state index in [4.69, 9.17) is 4.74 Å². The number of nitrogens with zero attached hydrogens (tertiary/aromatic N) is 2. The van der Waals surface area contributed by atoms with Gasteiger partial charge in [-0.15, -0.1) is 0 Å². The van der Waals surface area contributed by atoms with Gasteiger partial charge in [0.15, 0.2) is 0 Å². The second kappa shape index (κ2) is 16.8. The Hall–Kier alpha value is -4.01. The van der Waals surface area contributed by atoms with E-state index in [0.717, 1.165) is 11.1 Å². The number of carbonyl (C=O) groups excluding carboxylic acids is 5. The SMILES string of the molecule is CCCN(C(=O)CC)C(C)C(=O)NCCN(C(=O)CCc1ccccc1)C(C)C(=O)C(=O)OCc1ccccc1. The summed E-state index contributed by atoms with van der Waals surface area (Å²) in [6, 6.07) is 16.7. The zero-order valence-electron chi connectivity index (χ0n) is 23.9. The lowest BCUT2D eigenvalue weighted by Crippen LogP contribution is -2.52. The molecule has 9 nitrogen and oxygen atoms in total. The highest BCUT2D eigenvalue weighted by molar-refractivity contribution is 6.35. The van der Waals surface area contributed by atoms with Crippen LogP contribution in [-0.2, 0) is 41.7 Å². The topological polar surface area (TPSA) is 113 Å². The van der Waals surface area contributed by atoms with Crippen molar-refractivity contribution >= 4 is 29.5 Å². The minimum atomic E-state index is -1.08. The van der Waals surface area contributed by atoms with Crippen LogP contribution in [0.4, 0.5) is 0 Å². The Morgan fingerprint density at radius 1 is 0.775 bits per heavy atom. The van der Waals surface area contributed by atoms with Gasteiger partial charge >= 0.3 is 5.97 Å². The van der Waals surface area contributed by atoms with Crippen LogP contribution in [-0.4, -0.2) is 71.0 Å². The molecule has 0 heterocycles. The van der Waals surface area contributed by atoms with E-state index in [-0.39, 0.29) is 43.8 Å². The molecule has 2 rings (SSSR count). The normalized spacial score (nSPS) is 12.1. The predicted octanol–water partition coefficient (Wildman–Crippen LogP) is 3.30. The number of nitrogens with one attached hydrogen (secondary N) is 1. The number of rotatable bonds is 16. The van der Waals surface area contributed by atoms with Crippen LogP contribution >= 0.6 is 0 Å². The Labute approximate surface area is 236 Å². The minimum absolute atomic E-state index is 0.0143. The third-order valence-electron chi connectivity index (χ3n) is 6.64. The van der Waals surface area contributed by atoms with Crippen molar-refractivity contribution in [1.29, 1.82) is 0 Å². The summed E-state index contributed by atoms with van der Waals surface area (Å²) in [4.78, 5) is 66.7. The van der Waals surface area contributed by atoms with Crippen molar-refractivity contribution in [2.24, 2.45) is 0 Å². The minimum Gasteiger partial charge on any atom is -0.455 e. The summed E-state index contributed by atoms with van der Waals surface area (Å²) in [5.74, 6) is -2.66. The van der Waals surface area contributed by atoms with Crippen molar-refractivity contribution in [3.8, 4) is 0 Å². The van der Waals surface area contributed by atoms with Crippen LogP contribution in [0, 0.1) is 0 Å². The van der Waals surface area contributed by atoms with Crippen LogP contribution < -0.4 is 5.32 Å². The van der Waals surface area contributed by atoms with Gasteiger partial charge in [0.05, 0.1) is 6.04 Å². The quantitative estimate of drug-likeness (QED) is 0.253.